The molecule has 3 aromatic carbocycles. The summed E-state index contributed by atoms with van der Waals surface area (Å²) in [6.45, 7) is 1.78. The van der Waals surface area contributed by atoms with Crippen molar-refractivity contribution in [2.45, 2.75) is 55.6 Å². The molecule has 5 heterocycles. The van der Waals surface area contributed by atoms with Gasteiger partial charge in [-0.2, -0.15) is 0 Å². The molecule has 0 aliphatic carbocycles. The molecular formula is C44H50N8O11S2. The van der Waals surface area contributed by atoms with Crippen molar-refractivity contribution in [2.24, 2.45) is 5.92 Å². The Morgan fingerprint density at radius 1 is 0.923 bits per heavy atom. The van der Waals surface area contributed by atoms with E-state index in [-0.39, 0.29) is 81.5 Å². The quantitative estimate of drug-likeness (QED) is 0.0915. The molecule has 65 heavy (non-hydrogen) atoms. The molecule has 3 aromatic rings. The van der Waals surface area contributed by atoms with Crippen LogP contribution >= 0.6 is 11.8 Å². The first kappa shape index (κ1) is 45.8. The highest BCUT2D eigenvalue weighted by Gasteiger charge is 2.45. The normalized spacial score (nSPS) is 22.9. The second-order valence-electron chi connectivity index (χ2n) is 16.6. The summed E-state index contributed by atoms with van der Waals surface area (Å²) in [5.74, 6) is -3.26. The summed E-state index contributed by atoms with van der Waals surface area (Å²) in [4.78, 5) is 92.9. The molecule has 4 unspecified atom stereocenters. The summed E-state index contributed by atoms with van der Waals surface area (Å²) in [5, 5.41) is 14.2. The monoisotopic (exact) mass is 930 g/mol. The number of anilines is 1. The molecule has 0 spiro atoms. The number of rotatable bonds is 17. The summed E-state index contributed by atoms with van der Waals surface area (Å²) in [7, 11) is -3.46. The van der Waals surface area contributed by atoms with Crippen LogP contribution in [-0.4, -0.2) is 141 Å². The van der Waals surface area contributed by atoms with Gasteiger partial charge in [0.25, 0.3) is 17.7 Å². The predicted molar refractivity (Wildman–Crippen MR) is 237 cm³/mol. The van der Waals surface area contributed by atoms with E-state index in [1.165, 1.54) is 16.1 Å². The fraction of sp³-hybridized carbons (Fsp3) is 0.432. The van der Waals surface area contributed by atoms with Crippen molar-refractivity contribution in [3.05, 3.63) is 101 Å². The summed E-state index contributed by atoms with van der Waals surface area (Å²) in [6, 6.07) is 19.6. The van der Waals surface area contributed by atoms with Crippen LogP contribution in [0.5, 0.6) is 0 Å². The number of piperidine rings is 1. The van der Waals surface area contributed by atoms with Crippen molar-refractivity contribution in [2.75, 3.05) is 62.8 Å². The van der Waals surface area contributed by atoms with E-state index in [9.17, 15) is 42.0 Å². The van der Waals surface area contributed by atoms with Gasteiger partial charge in [0, 0.05) is 62.2 Å². The highest BCUT2D eigenvalue weighted by atomic mass is 32.2. The Hall–Kier alpha value is -5.71. The van der Waals surface area contributed by atoms with Crippen LogP contribution in [-0.2, 0) is 45.3 Å². The van der Waals surface area contributed by atoms with Crippen LogP contribution < -0.4 is 31.5 Å². The Bertz CT molecular complexity index is 2450. The molecule has 0 aromatic heterocycles. The molecule has 7 amide bonds. The van der Waals surface area contributed by atoms with E-state index in [0.29, 0.717) is 25.1 Å². The molecular weight excluding hydrogens is 881 g/mol. The van der Waals surface area contributed by atoms with Gasteiger partial charge >= 0.3 is 0 Å². The molecule has 21 heteroatoms. The molecule has 0 bridgehead atoms. The van der Waals surface area contributed by atoms with Crippen LogP contribution in [0.2, 0.25) is 0 Å². The van der Waals surface area contributed by atoms with Crippen molar-refractivity contribution in [3.63, 3.8) is 0 Å². The van der Waals surface area contributed by atoms with Crippen LogP contribution in [0.25, 0.3) is 0 Å². The third-order valence-electron chi connectivity index (χ3n) is 12.0. The van der Waals surface area contributed by atoms with E-state index in [1.807, 2.05) is 35.2 Å². The highest BCUT2D eigenvalue weighted by molar-refractivity contribution is 8.00. The first-order valence-electron chi connectivity index (χ1n) is 21.4. The number of carbonyl (C=O) groups excluding carboxylic acids is 7. The van der Waals surface area contributed by atoms with E-state index in [0.717, 1.165) is 33.7 Å². The first-order valence-corrected chi connectivity index (χ1v) is 24.3. The lowest BCUT2D eigenvalue weighted by Gasteiger charge is -2.40. The fourth-order valence-corrected chi connectivity index (χ4v) is 10.3. The predicted octanol–water partition coefficient (Wildman–Crippen LogP) is 0.483. The molecule has 0 saturated carbocycles. The number of nitrogens with zero attached hydrogens (tertiary/aromatic N) is 3. The van der Waals surface area contributed by atoms with Gasteiger partial charge in [-0.3, -0.25) is 49.1 Å². The van der Waals surface area contributed by atoms with Crippen molar-refractivity contribution >= 4 is 68.8 Å². The molecule has 4 saturated heterocycles. The SMILES string of the molecule is CS(=O)(=O)N1CCC(C(=O)N[C@@H](COCc2ccc(C(=O)NCCOC3CN(c4ccc5c(c4)C(=O)N(C4CCC(=O)NC4=O)C5=O)C3)cc2)C(=O)NC2NC(c3ccccc3)CS2)C1. The van der Waals surface area contributed by atoms with Crippen LogP contribution in [0, 0.1) is 5.92 Å². The number of fused-ring (bicyclic) bond motifs is 1. The average molecular weight is 931 g/mol. The molecule has 5 atom stereocenters. The van der Waals surface area contributed by atoms with Crippen LogP contribution in [0.3, 0.4) is 0 Å². The van der Waals surface area contributed by atoms with Crippen LogP contribution in [0.1, 0.15) is 67.5 Å². The zero-order chi connectivity index (χ0) is 45.8. The molecule has 0 radical (unpaired) electrons. The van der Waals surface area contributed by atoms with Crippen molar-refractivity contribution in [1.29, 1.82) is 0 Å². The van der Waals surface area contributed by atoms with E-state index < -0.39 is 69.0 Å². The number of amides is 7. The van der Waals surface area contributed by atoms with Gasteiger partial charge in [-0.25, -0.2) is 12.7 Å². The molecule has 344 valence electrons. The maximum atomic E-state index is 13.6. The van der Waals surface area contributed by atoms with Crippen LogP contribution in [0.15, 0.2) is 72.8 Å². The minimum Gasteiger partial charge on any atom is -0.374 e. The lowest BCUT2D eigenvalue weighted by Crippen LogP contribution is -2.54. The summed E-state index contributed by atoms with van der Waals surface area (Å²) < 4.78 is 37.2. The first-order chi connectivity index (χ1) is 31.2. The van der Waals surface area contributed by atoms with Gasteiger partial charge in [0.05, 0.1) is 49.2 Å². The number of imide groups is 2. The van der Waals surface area contributed by atoms with Gasteiger partial charge in [-0.05, 0) is 54.3 Å². The lowest BCUT2D eigenvalue weighted by atomic mass is 10.0. The number of hydrogen-bond donors (Lipinski definition) is 5. The van der Waals surface area contributed by atoms with Gasteiger partial charge in [0.1, 0.15) is 17.6 Å². The number of sulfonamides is 1. The number of ether oxygens (including phenoxy) is 2. The maximum absolute atomic E-state index is 13.6. The maximum Gasteiger partial charge on any atom is 0.262 e. The fourth-order valence-electron chi connectivity index (χ4n) is 8.33. The number of thioether (sulfide) groups is 1. The van der Waals surface area contributed by atoms with Gasteiger partial charge in [-0.1, -0.05) is 42.5 Å². The van der Waals surface area contributed by atoms with Gasteiger partial charge < -0.3 is 30.3 Å². The Balaban J connectivity index is 0.765. The van der Waals surface area contributed by atoms with Crippen molar-refractivity contribution in [3.8, 4) is 0 Å². The molecule has 5 N–H and O–H groups in total. The number of nitrogens with one attached hydrogen (secondary N) is 5. The van der Waals surface area contributed by atoms with Gasteiger partial charge in [-0.15, -0.1) is 11.8 Å². The summed E-state index contributed by atoms with van der Waals surface area (Å²) in [5.41, 5.74) is 2.99. The minimum atomic E-state index is -3.46. The number of hydrogen-bond acceptors (Lipinski definition) is 14. The molecule has 4 fully saturated rings. The van der Waals surface area contributed by atoms with Crippen LogP contribution in [0.4, 0.5) is 5.69 Å². The minimum absolute atomic E-state index is 0.0359. The largest absolute Gasteiger partial charge is 0.374 e. The topological polar surface area (TPSA) is 242 Å². The standard InChI is InChI=1S/C44H50N8O11S2/c1-65(60,61)51-17-15-29(20-51)39(55)46-34(40(56)49-44-47-35(25-64-44)27-5-3-2-4-6-27)24-62-23-26-7-9-28(10-8-26)38(54)45-16-18-63-31-21-50(22-31)30-11-12-32-33(19-30)43(59)52(42(32)58)36-13-14-37(53)48-41(36)57/h2-12,19,29,31,34-36,44,47H,13-18,20-25H2,1H3,(H,45,54)(H,46,55)(H,49,56)(H,48,53,57)/t29?,34-,35?,36?,44?/m0/s1. The summed E-state index contributed by atoms with van der Waals surface area (Å²) >= 11 is 1.54. The third kappa shape index (κ3) is 10.7. The summed E-state index contributed by atoms with van der Waals surface area (Å²) in [6.07, 6.45) is 1.45. The second-order valence-corrected chi connectivity index (χ2v) is 19.7. The van der Waals surface area contributed by atoms with Gasteiger partial charge in [0.2, 0.25) is 33.7 Å². The van der Waals surface area contributed by atoms with E-state index in [2.05, 4.69) is 26.6 Å². The molecule has 5 aliphatic heterocycles. The molecule has 8 rings (SSSR count). The lowest BCUT2D eigenvalue weighted by molar-refractivity contribution is -0.136. The van der Waals surface area contributed by atoms with Crippen molar-refractivity contribution < 1.29 is 51.5 Å². The smallest absolute Gasteiger partial charge is 0.262 e. The Morgan fingerprint density at radius 2 is 1.68 bits per heavy atom. The average Bonchev–Trinajstić information content (AvgIpc) is 4.02. The zero-order valence-corrected chi connectivity index (χ0v) is 37.2. The number of carbonyl (C=O) groups is 7. The van der Waals surface area contributed by atoms with Gasteiger partial charge in [0.15, 0.2) is 0 Å². The molecule has 5 aliphatic rings. The third-order valence-corrected chi connectivity index (χ3v) is 14.4. The Labute approximate surface area is 379 Å². The Kier molecular flexibility index (Phi) is 14.0. The second kappa shape index (κ2) is 19.8. The van der Waals surface area contributed by atoms with Crippen molar-refractivity contribution in [1.82, 2.24) is 35.8 Å². The zero-order valence-electron chi connectivity index (χ0n) is 35.5. The van der Waals surface area contributed by atoms with E-state index >= 15 is 0 Å². The Morgan fingerprint density at radius 3 is 2.40 bits per heavy atom. The molecule has 19 nitrogen and oxygen atoms in total. The van der Waals surface area contributed by atoms with E-state index in [4.69, 9.17) is 9.47 Å². The van der Waals surface area contributed by atoms with E-state index in [1.54, 1.807) is 42.5 Å². The number of benzene rings is 3. The highest BCUT2D eigenvalue weighted by Crippen LogP contribution is 2.33.